The summed E-state index contributed by atoms with van der Waals surface area (Å²) in [4.78, 5) is 2.17. The lowest BCUT2D eigenvalue weighted by atomic mass is 10.1. The van der Waals surface area contributed by atoms with Gasteiger partial charge in [0.05, 0.1) is 12.2 Å². The van der Waals surface area contributed by atoms with E-state index in [-0.39, 0.29) is 0 Å². The van der Waals surface area contributed by atoms with E-state index in [0.29, 0.717) is 13.2 Å². The number of methoxy groups -OCH3 is 1. The Kier molecular flexibility index (Phi) is 5.59. The molecule has 0 radical (unpaired) electrons. The monoisotopic (exact) mass is 252 g/mol. The molecule has 1 unspecified atom stereocenters. The van der Waals surface area contributed by atoms with Crippen molar-refractivity contribution in [1.29, 1.82) is 0 Å². The van der Waals surface area contributed by atoms with Gasteiger partial charge in [-0.05, 0) is 19.1 Å². The number of ether oxygens (including phenoxy) is 1. The van der Waals surface area contributed by atoms with Gasteiger partial charge in [0.25, 0.3) is 0 Å². The molecule has 4 nitrogen and oxygen atoms in total. The molecule has 1 rings (SSSR count). The van der Waals surface area contributed by atoms with E-state index in [2.05, 4.69) is 22.1 Å². The zero-order chi connectivity index (χ0) is 13.6. The summed E-state index contributed by atoms with van der Waals surface area (Å²) in [6.07, 6.45) is 3.60. The molecule has 0 aliphatic carbocycles. The molecule has 0 aliphatic heterocycles. The van der Waals surface area contributed by atoms with E-state index in [1.54, 1.807) is 20.1 Å². The predicted octanol–water partition coefficient (Wildman–Crippen LogP) is 1.41. The molecular weight excluding hydrogens is 228 g/mol. The summed E-state index contributed by atoms with van der Waals surface area (Å²) < 4.78 is 7.20. The quantitative estimate of drug-likeness (QED) is 0.711. The minimum atomic E-state index is -0.876. The Morgan fingerprint density at radius 2 is 2.33 bits per heavy atom. The van der Waals surface area contributed by atoms with E-state index in [1.807, 2.05) is 19.3 Å². The summed E-state index contributed by atoms with van der Waals surface area (Å²) in [6.45, 7) is 8.20. The van der Waals surface area contributed by atoms with Gasteiger partial charge in [-0.2, -0.15) is 0 Å². The Hall–Kier alpha value is -1.10. The first kappa shape index (κ1) is 15.0. The maximum Gasteiger partial charge on any atom is 0.0923 e. The molecular formula is C14H24N2O2. The standard InChI is InChI=1S/C14H24N2O2/c1-5-14(2,17)12-16(9-10-18-4)11-13-7-6-8-15(13)3/h5-8,17H,1,9-12H2,2-4H3. The Balaban J connectivity index is 2.66. The van der Waals surface area contributed by atoms with Crippen LogP contribution < -0.4 is 0 Å². The highest BCUT2D eigenvalue weighted by atomic mass is 16.5. The van der Waals surface area contributed by atoms with Crippen molar-refractivity contribution in [3.63, 3.8) is 0 Å². The molecule has 1 atom stereocenters. The van der Waals surface area contributed by atoms with Gasteiger partial charge in [0.15, 0.2) is 0 Å². The number of aromatic nitrogens is 1. The maximum atomic E-state index is 10.1. The van der Waals surface area contributed by atoms with Crippen LogP contribution in [-0.2, 0) is 18.3 Å². The van der Waals surface area contributed by atoms with Crippen LogP contribution in [0, 0.1) is 0 Å². The summed E-state index contributed by atoms with van der Waals surface area (Å²) in [6, 6.07) is 4.11. The van der Waals surface area contributed by atoms with Crippen LogP contribution in [0.3, 0.4) is 0 Å². The minimum absolute atomic E-state index is 0.547. The topological polar surface area (TPSA) is 37.6 Å². The van der Waals surface area contributed by atoms with E-state index in [0.717, 1.165) is 13.1 Å². The molecule has 1 heterocycles. The molecule has 0 saturated carbocycles. The number of hydrogen-bond donors (Lipinski definition) is 1. The van der Waals surface area contributed by atoms with E-state index in [4.69, 9.17) is 4.74 Å². The highest BCUT2D eigenvalue weighted by molar-refractivity contribution is 5.07. The first-order chi connectivity index (χ1) is 8.48. The van der Waals surface area contributed by atoms with Crippen molar-refractivity contribution in [2.45, 2.75) is 19.1 Å². The lowest BCUT2D eigenvalue weighted by Gasteiger charge is -2.29. The van der Waals surface area contributed by atoms with E-state index in [9.17, 15) is 5.11 Å². The van der Waals surface area contributed by atoms with Gasteiger partial charge in [-0.1, -0.05) is 6.08 Å². The van der Waals surface area contributed by atoms with Crippen molar-refractivity contribution in [1.82, 2.24) is 9.47 Å². The van der Waals surface area contributed by atoms with Crippen LogP contribution in [0.1, 0.15) is 12.6 Å². The molecule has 0 aliphatic rings. The number of rotatable bonds is 8. The first-order valence-electron chi connectivity index (χ1n) is 6.16. The Morgan fingerprint density at radius 1 is 1.61 bits per heavy atom. The number of hydrogen-bond acceptors (Lipinski definition) is 3. The number of aliphatic hydroxyl groups is 1. The van der Waals surface area contributed by atoms with Gasteiger partial charge in [0, 0.05) is 45.7 Å². The SMILES string of the molecule is C=CC(C)(O)CN(CCOC)Cc1cccn1C. The van der Waals surface area contributed by atoms with Crippen molar-refractivity contribution in [3.8, 4) is 0 Å². The first-order valence-corrected chi connectivity index (χ1v) is 6.16. The van der Waals surface area contributed by atoms with E-state index in [1.165, 1.54) is 5.69 Å². The zero-order valence-corrected chi connectivity index (χ0v) is 11.6. The van der Waals surface area contributed by atoms with Crippen LogP contribution in [0.2, 0.25) is 0 Å². The minimum Gasteiger partial charge on any atom is -0.385 e. The molecule has 0 aromatic carbocycles. The fourth-order valence-electron chi connectivity index (χ4n) is 1.84. The smallest absolute Gasteiger partial charge is 0.0923 e. The summed E-state index contributed by atoms with van der Waals surface area (Å²) in [5.41, 5.74) is 0.338. The van der Waals surface area contributed by atoms with Crippen LogP contribution in [0.15, 0.2) is 31.0 Å². The Morgan fingerprint density at radius 3 is 2.83 bits per heavy atom. The van der Waals surface area contributed by atoms with Gasteiger partial charge >= 0.3 is 0 Å². The summed E-state index contributed by atoms with van der Waals surface area (Å²) in [7, 11) is 3.71. The molecule has 0 fully saturated rings. The van der Waals surface area contributed by atoms with Crippen LogP contribution >= 0.6 is 0 Å². The third-order valence-corrected chi connectivity index (χ3v) is 3.03. The molecule has 0 amide bonds. The number of aryl methyl sites for hydroxylation is 1. The second-order valence-corrected chi connectivity index (χ2v) is 4.88. The molecule has 1 aromatic rings. The average molecular weight is 252 g/mol. The lowest BCUT2D eigenvalue weighted by molar-refractivity contribution is 0.0457. The second-order valence-electron chi connectivity index (χ2n) is 4.88. The van der Waals surface area contributed by atoms with Crippen molar-refractivity contribution in [2.75, 3.05) is 26.8 Å². The fourth-order valence-corrected chi connectivity index (χ4v) is 1.84. The van der Waals surface area contributed by atoms with Crippen LogP contribution in [0.4, 0.5) is 0 Å². The van der Waals surface area contributed by atoms with Gasteiger partial charge in [-0.3, -0.25) is 4.90 Å². The molecule has 0 bridgehead atoms. The molecule has 1 aromatic heterocycles. The summed E-state index contributed by atoms with van der Waals surface area (Å²) >= 11 is 0. The van der Waals surface area contributed by atoms with Crippen LogP contribution in [0.25, 0.3) is 0 Å². The molecule has 0 spiro atoms. The predicted molar refractivity (Wildman–Crippen MR) is 73.4 cm³/mol. The highest BCUT2D eigenvalue weighted by Gasteiger charge is 2.20. The maximum absolute atomic E-state index is 10.1. The van der Waals surface area contributed by atoms with Crippen molar-refractivity contribution >= 4 is 0 Å². The molecule has 1 N–H and O–H groups in total. The molecule has 0 saturated heterocycles. The second kappa shape index (κ2) is 6.73. The Labute approximate surface area is 109 Å². The van der Waals surface area contributed by atoms with E-state index >= 15 is 0 Å². The normalized spacial score (nSPS) is 14.7. The van der Waals surface area contributed by atoms with Gasteiger partial charge < -0.3 is 14.4 Å². The lowest BCUT2D eigenvalue weighted by Crippen LogP contribution is -2.40. The largest absolute Gasteiger partial charge is 0.385 e. The summed E-state index contributed by atoms with van der Waals surface area (Å²) in [5, 5.41) is 10.1. The van der Waals surface area contributed by atoms with Crippen LogP contribution in [0.5, 0.6) is 0 Å². The highest BCUT2D eigenvalue weighted by Crippen LogP contribution is 2.11. The summed E-state index contributed by atoms with van der Waals surface area (Å²) in [5.74, 6) is 0. The Bertz CT molecular complexity index is 372. The van der Waals surface area contributed by atoms with E-state index < -0.39 is 5.60 Å². The number of nitrogens with zero attached hydrogens (tertiary/aromatic N) is 2. The molecule has 4 heteroatoms. The van der Waals surface area contributed by atoms with Crippen molar-refractivity contribution in [3.05, 3.63) is 36.7 Å². The fraction of sp³-hybridized carbons (Fsp3) is 0.571. The van der Waals surface area contributed by atoms with Gasteiger partial charge in [-0.15, -0.1) is 6.58 Å². The third kappa shape index (κ3) is 4.64. The van der Waals surface area contributed by atoms with Crippen molar-refractivity contribution in [2.24, 2.45) is 7.05 Å². The van der Waals surface area contributed by atoms with Crippen molar-refractivity contribution < 1.29 is 9.84 Å². The van der Waals surface area contributed by atoms with Gasteiger partial charge in [0.1, 0.15) is 0 Å². The van der Waals surface area contributed by atoms with Crippen LogP contribution in [-0.4, -0.2) is 47.0 Å². The zero-order valence-electron chi connectivity index (χ0n) is 11.6. The molecule has 18 heavy (non-hydrogen) atoms. The third-order valence-electron chi connectivity index (χ3n) is 3.03. The van der Waals surface area contributed by atoms with Gasteiger partial charge in [-0.25, -0.2) is 0 Å². The van der Waals surface area contributed by atoms with Gasteiger partial charge in [0.2, 0.25) is 0 Å². The average Bonchev–Trinajstić information content (AvgIpc) is 2.72. The molecule has 102 valence electrons.